The number of amides is 1. The first-order valence-electron chi connectivity index (χ1n) is 4.65. The highest BCUT2D eigenvalue weighted by Crippen LogP contribution is 2.31. The number of thioether (sulfide) groups is 1. The molecule has 84 valence electrons. The largest absolute Gasteiger partial charge is 0.365 e. The van der Waals surface area contributed by atoms with E-state index in [1.165, 1.54) is 17.8 Å². The first-order chi connectivity index (χ1) is 7.65. The third-order valence-corrected chi connectivity index (χ3v) is 2.93. The standard InChI is InChI=1S/C10H9FN2O2S/c1-2-16-10-8-6(15-13-10)4-3-5(11)7(8)9(12)14/h3-4H,2H2,1H3,(H2,12,14). The van der Waals surface area contributed by atoms with E-state index in [0.717, 1.165) is 11.8 Å². The van der Waals surface area contributed by atoms with Crippen LogP contribution in [0.25, 0.3) is 11.0 Å². The van der Waals surface area contributed by atoms with Crippen LogP contribution in [-0.4, -0.2) is 16.8 Å². The number of rotatable bonds is 3. The quantitative estimate of drug-likeness (QED) is 0.835. The predicted octanol–water partition coefficient (Wildman–Crippen LogP) is 2.18. The van der Waals surface area contributed by atoms with Crippen LogP contribution >= 0.6 is 11.8 Å². The van der Waals surface area contributed by atoms with Gasteiger partial charge in [0, 0.05) is 0 Å². The van der Waals surface area contributed by atoms with Gasteiger partial charge in [-0.3, -0.25) is 4.79 Å². The van der Waals surface area contributed by atoms with Crippen molar-refractivity contribution in [2.45, 2.75) is 11.9 Å². The van der Waals surface area contributed by atoms with Gasteiger partial charge in [-0.1, -0.05) is 12.1 Å². The Morgan fingerprint density at radius 3 is 3.00 bits per heavy atom. The molecule has 0 aliphatic heterocycles. The first-order valence-corrected chi connectivity index (χ1v) is 5.64. The normalized spacial score (nSPS) is 10.9. The Labute approximate surface area is 95.0 Å². The fraction of sp³-hybridized carbons (Fsp3) is 0.200. The number of halogens is 1. The molecule has 0 aliphatic rings. The van der Waals surface area contributed by atoms with E-state index in [-0.39, 0.29) is 5.56 Å². The first kappa shape index (κ1) is 10.9. The van der Waals surface area contributed by atoms with E-state index in [9.17, 15) is 9.18 Å². The minimum atomic E-state index is -0.816. The van der Waals surface area contributed by atoms with Gasteiger partial charge >= 0.3 is 0 Å². The number of carbonyl (C=O) groups is 1. The summed E-state index contributed by atoms with van der Waals surface area (Å²) in [6.07, 6.45) is 0. The lowest BCUT2D eigenvalue weighted by molar-refractivity contribution is 0.0998. The number of aromatic nitrogens is 1. The van der Waals surface area contributed by atoms with Gasteiger partial charge in [-0.2, -0.15) is 0 Å². The van der Waals surface area contributed by atoms with E-state index in [4.69, 9.17) is 10.3 Å². The molecule has 0 saturated heterocycles. The molecule has 0 unspecified atom stereocenters. The highest BCUT2D eigenvalue weighted by molar-refractivity contribution is 7.99. The topological polar surface area (TPSA) is 69.1 Å². The summed E-state index contributed by atoms with van der Waals surface area (Å²) in [5, 5.41) is 4.63. The zero-order chi connectivity index (χ0) is 11.7. The summed E-state index contributed by atoms with van der Waals surface area (Å²) < 4.78 is 18.5. The van der Waals surface area contributed by atoms with E-state index >= 15 is 0 Å². The molecule has 1 aromatic heterocycles. The van der Waals surface area contributed by atoms with Crippen molar-refractivity contribution >= 4 is 28.6 Å². The van der Waals surface area contributed by atoms with E-state index in [0.29, 0.717) is 16.0 Å². The third-order valence-electron chi connectivity index (χ3n) is 2.08. The number of carbonyl (C=O) groups excluding carboxylic acids is 1. The molecule has 0 bridgehead atoms. The number of fused-ring (bicyclic) bond motifs is 1. The number of benzene rings is 1. The zero-order valence-electron chi connectivity index (χ0n) is 8.49. The summed E-state index contributed by atoms with van der Waals surface area (Å²) in [5.74, 6) is -0.721. The lowest BCUT2D eigenvalue weighted by Gasteiger charge is -2.00. The van der Waals surface area contributed by atoms with Crippen molar-refractivity contribution in [3.63, 3.8) is 0 Å². The Morgan fingerprint density at radius 1 is 1.62 bits per heavy atom. The Morgan fingerprint density at radius 2 is 2.38 bits per heavy atom. The molecular formula is C10H9FN2O2S. The molecule has 4 nitrogen and oxygen atoms in total. The van der Waals surface area contributed by atoms with Crippen LogP contribution in [0.4, 0.5) is 4.39 Å². The lowest BCUT2D eigenvalue weighted by Crippen LogP contribution is -2.13. The van der Waals surface area contributed by atoms with Gasteiger partial charge in [-0.05, 0) is 17.9 Å². The van der Waals surface area contributed by atoms with Crippen LogP contribution in [0, 0.1) is 5.82 Å². The molecule has 0 saturated carbocycles. The lowest BCUT2D eigenvalue weighted by atomic mass is 10.1. The van der Waals surface area contributed by atoms with E-state index in [1.807, 2.05) is 6.92 Å². The van der Waals surface area contributed by atoms with Crippen LogP contribution in [0.5, 0.6) is 0 Å². The highest BCUT2D eigenvalue weighted by Gasteiger charge is 2.19. The van der Waals surface area contributed by atoms with Gasteiger partial charge in [-0.15, -0.1) is 11.8 Å². The molecule has 0 radical (unpaired) electrons. The number of primary amides is 1. The maximum atomic E-state index is 13.5. The van der Waals surface area contributed by atoms with Crippen LogP contribution in [0.1, 0.15) is 17.3 Å². The monoisotopic (exact) mass is 240 g/mol. The summed E-state index contributed by atoms with van der Waals surface area (Å²) in [6.45, 7) is 1.93. The average molecular weight is 240 g/mol. The highest BCUT2D eigenvalue weighted by atomic mass is 32.2. The summed E-state index contributed by atoms with van der Waals surface area (Å²) in [6, 6.07) is 2.58. The maximum absolute atomic E-state index is 13.5. The molecule has 1 aromatic carbocycles. The van der Waals surface area contributed by atoms with Gasteiger partial charge < -0.3 is 10.3 Å². The predicted molar refractivity (Wildman–Crippen MR) is 58.9 cm³/mol. The molecule has 1 heterocycles. The second-order valence-electron chi connectivity index (χ2n) is 3.08. The SMILES string of the molecule is CCSc1noc2ccc(F)c(C(N)=O)c12. The van der Waals surface area contributed by atoms with Crippen molar-refractivity contribution in [2.75, 3.05) is 5.75 Å². The smallest absolute Gasteiger partial charge is 0.252 e. The minimum Gasteiger partial charge on any atom is -0.365 e. The molecule has 2 rings (SSSR count). The van der Waals surface area contributed by atoms with Gasteiger partial charge in [0.05, 0.1) is 10.9 Å². The molecule has 0 aliphatic carbocycles. The average Bonchev–Trinajstić information content (AvgIpc) is 2.61. The minimum absolute atomic E-state index is 0.158. The number of nitrogens with two attached hydrogens (primary N) is 1. The molecular weight excluding hydrogens is 231 g/mol. The second-order valence-corrected chi connectivity index (χ2v) is 4.33. The van der Waals surface area contributed by atoms with Crippen LogP contribution in [0.15, 0.2) is 21.7 Å². The fourth-order valence-electron chi connectivity index (χ4n) is 1.46. The Balaban J connectivity index is 2.77. The van der Waals surface area contributed by atoms with Gasteiger partial charge in [0.15, 0.2) is 5.58 Å². The Hall–Kier alpha value is -1.56. The van der Waals surface area contributed by atoms with E-state index < -0.39 is 11.7 Å². The van der Waals surface area contributed by atoms with Gasteiger partial charge in [0.1, 0.15) is 10.8 Å². The summed E-state index contributed by atoms with van der Waals surface area (Å²) >= 11 is 1.37. The van der Waals surface area contributed by atoms with Gasteiger partial charge in [-0.25, -0.2) is 4.39 Å². The molecule has 0 fully saturated rings. The second kappa shape index (κ2) is 4.13. The van der Waals surface area contributed by atoms with E-state index in [2.05, 4.69) is 5.16 Å². The molecule has 6 heteroatoms. The summed E-state index contributed by atoms with van der Waals surface area (Å²) in [5.41, 5.74) is 5.36. The van der Waals surface area contributed by atoms with Gasteiger partial charge in [0.2, 0.25) is 0 Å². The van der Waals surface area contributed by atoms with Crippen LogP contribution in [0.3, 0.4) is 0 Å². The maximum Gasteiger partial charge on any atom is 0.252 e. The summed E-state index contributed by atoms with van der Waals surface area (Å²) in [7, 11) is 0. The molecule has 0 atom stereocenters. The number of hydrogen-bond donors (Lipinski definition) is 1. The number of nitrogens with zero attached hydrogens (tertiary/aromatic N) is 1. The van der Waals surface area contributed by atoms with Crippen molar-refractivity contribution < 1.29 is 13.7 Å². The van der Waals surface area contributed by atoms with Crippen molar-refractivity contribution in [2.24, 2.45) is 5.73 Å². The molecule has 0 spiro atoms. The van der Waals surface area contributed by atoms with Crippen molar-refractivity contribution in [1.82, 2.24) is 5.16 Å². The molecule has 1 amide bonds. The van der Waals surface area contributed by atoms with E-state index in [1.54, 1.807) is 0 Å². The van der Waals surface area contributed by atoms with Crippen molar-refractivity contribution in [1.29, 1.82) is 0 Å². The fourth-order valence-corrected chi connectivity index (χ4v) is 2.17. The van der Waals surface area contributed by atoms with Crippen LogP contribution < -0.4 is 5.73 Å². The molecule has 16 heavy (non-hydrogen) atoms. The third kappa shape index (κ3) is 1.65. The summed E-state index contributed by atoms with van der Waals surface area (Å²) in [4.78, 5) is 11.2. The zero-order valence-corrected chi connectivity index (χ0v) is 9.31. The Bertz CT molecular complexity index is 553. The van der Waals surface area contributed by atoms with Gasteiger partial charge in [0.25, 0.3) is 5.91 Å². The Kier molecular flexibility index (Phi) is 2.82. The molecule has 2 N–H and O–H groups in total. The van der Waals surface area contributed by atoms with Crippen molar-refractivity contribution in [3.05, 3.63) is 23.5 Å². The number of hydrogen-bond acceptors (Lipinski definition) is 4. The van der Waals surface area contributed by atoms with Crippen LogP contribution in [0.2, 0.25) is 0 Å². The van der Waals surface area contributed by atoms with Crippen LogP contribution in [-0.2, 0) is 0 Å². The van der Waals surface area contributed by atoms with Crippen molar-refractivity contribution in [3.8, 4) is 0 Å². The molecule has 2 aromatic rings.